The van der Waals surface area contributed by atoms with Crippen LogP contribution in [0.2, 0.25) is 0 Å². The van der Waals surface area contributed by atoms with Crippen LogP contribution < -0.4 is 14.8 Å². The molecule has 0 saturated carbocycles. The number of hydrogen-bond acceptors (Lipinski definition) is 5. The summed E-state index contributed by atoms with van der Waals surface area (Å²) in [5.74, 6) is 0.324. The van der Waals surface area contributed by atoms with Crippen LogP contribution in [0.15, 0.2) is 47.4 Å². The maximum atomic E-state index is 13.3. The molecule has 1 N–H and O–H groups in total. The Bertz CT molecular complexity index is 1100. The van der Waals surface area contributed by atoms with Crippen molar-refractivity contribution >= 4 is 15.9 Å². The van der Waals surface area contributed by atoms with Gasteiger partial charge in [0.15, 0.2) is 11.5 Å². The van der Waals surface area contributed by atoms with Crippen molar-refractivity contribution < 1.29 is 35.9 Å². The fraction of sp³-hybridized carbons (Fsp3) is 0.409. The molecule has 0 spiro atoms. The molecule has 11 heteroatoms. The molecule has 1 saturated heterocycles. The number of carbonyl (C=O) groups excluding carboxylic acids is 1. The number of amides is 1. The van der Waals surface area contributed by atoms with Gasteiger partial charge < -0.3 is 14.8 Å². The number of carbonyl (C=O) groups is 1. The number of rotatable bonds is 7. The number of halogens is 3. The highest BCUT2D eigenvalue weighted by Crippen LogP contribution is 2.36. The van der Waals surface area contributed by atoms with Crippen LogP contribution in [0.4, 0.5) is 13.2 Å². The Morgan fingerprint density at radius 1 is 1.06 bits per heavy atom. The monoisotopic (exact) mass is 486 g/mol. The van der Waals surface area contributed by atoms with Crippen molar-refractivity contribution in [3.63, 3.8) is 0 Å². The third-order valence-corrected chi connectivity index (χ3v) is 7.53. The van der Waals surface area contributed by atoms with Gasteiger partial charge in [0.05, 0.1) is 24.7 Å². The van der Waals surface area contributed by atoms with Crippen LogP contribution in [0.5, 0.6) is 11.5 Å². The molecule has 0 unspecified atom stereocenters. The number of alkyl halides is 3. The van der Waals surface area contributed by atoms with Gasteiger partial charge in [0.25, 0.3) is 0 Å². The van der Waals surface area contributed by atoms with Gasteiger partial charge in [0, 0.05) is 31.1 Å². The van der Waals surface area contributed by atoms with E-state index in [1.807, 2.05) is 0 Å². The molecule has 1 heterocycles. The number of piperidine rings is 1. The Morgan fingerprint density at radius 3 is 2.33 bits per heavy atom. The highest BCUT2D eigenvalue weighted by molar-refractivity contribution is 7.89. The number of nitrogens with one attached hydrogen (secondary N) is 1. The number of hydrogen-bond donors (Lipinski definition) is 1. The molecule has 180 valence electrons. The second kappa shape index (κ2) is 10.0. The lowest BCUT2D eigenvalue weighted by molar-refractivity contribution is -0.139. The van der Waals surface area contributed by atoms with Gasteiger partial charge in [-0.25, -0.2) is 8.42 Å². The van der Waals surface area contributed by atoms with E-state index in [-0.39, 0.29) is 38.4 Å². The van der Waals surface area contributed by atoms with E-state index in [0.717, 1.165) is 22.5 Å². The van der Waals surface area contributed by atoms with Crippen molar-refractivity contribution in [2.75, 3.05) is 27.3 Å². The van der Waals surface area contributed by atoms with Crippen molar-refractivity contribution in [3.8, 4) is 11.5 Å². The molecular formula is C22H25F3N2O5S. The van der Waals surface area contributed by atoms with E-state index in [1.54, 1.807) is 18.2 Å². The molecular weight excluding hydrogens is 461 g/mol. The Labute approximate surface area is 190 Å². The molecule has 2 aromatic carbocycles. The molecule has 7 nitrogen and oxygen atoms in total. The zero-order valence-electron chi connectivity index (χ0n) is 18.2. The van der Waals surface area contributed by atoms with E-state index < -0.39 is 32.6 Å². The largest absolute Gasteiger partial charge is 0.493 e. The van der Waals surface area contributed by atoms with E-state index >= 15 is 0 Å². The van der Waals surface area contributed by atoms with Gasteiger partial charge >= 0.3 is 6.18 Å². The van der Waals surface area contributed by atoms with Gasteiger partial charge in [-0.2, -0.15) is 17.5 Å². The summed E-state index contributed by atoms with van der Waals surface area (Å²) >= 11 is 0. The second-order valence-corrected chi connectivity index (χ2v) is 9.45. The van der Waals surface area contributed by atoms with Crippen LogP contribution in [-0.4, -0.2) is 45.9 Å². The SMILES string of the molecule is COc1cccc(CNC(=O)C2CCN(S(=O)(=O)c3ccccc3C(F)(F)F)CC2)c1OC. The first-order valence-corrected chi connectivity index (χ1v) is 11.7. The van der Waals surface area contributed by atoms with E-state index in [0.29, 0.717) is 17.1 Å². The zero-order valence-corrected chi connectivity index (χ0v) is 19.0. The quantitative estimate of drug-likeness (QED) is 0.648. The van der Waals surface area contributed by atoms with Crippen molar-refractivity contribution in [1.82, 2.24) is 9.62 Å². The van der Waals surface area contributed by atoms with Crippen LogP contribution in [0.3, 0.4) is 0 Å². The third kappa shape index (κ3) is 5.41. The average Bonchev–Trinajstić information content (AvgIpc) is 2.81. The lowest BCUT2D eigenvalue weighted by Crippen LogP contribution is -2.43. The third-order valence-electron chi connectivity index (χ3n) is 5.57. The molecule has 1 amide bonds. The maximum absolute atomic E-state index is 13.3. The predicted molar refractivity (Wildman–Crippen MR) is 114 cm³/mol. The minimum atomic E-state index is -4.79. The smallest absolute Gasteiger partial charge is 0.417 e. The van der Waals surface area contributed by atoms with Gasteiger partial charge in [-0.15, -0.1) is 0 Å². The Hall–Kier alpha value is -2.79. The Balaban J connectivity index is 1.64. The summed E-state index contributed by atoms with van der Waals surface area (Å²) in [6.07, 6.45) is -4.38. The summed E-state index contributed by atoms with van der Waals surface area (Å²) in [6, 6.07) is 9.40. The second-order valence-electron chi connectivity index (χ2n) is 7.54. The molecule has 0 bridgehead atoms. The number of methoxy groups -OCH3 is 2. The van der Waals surface area contributed by atoms with E-state index in [2.05, 4.69) is 5.32 Å². The van der Waals surface area contributed by atoms with E-state index in [4.69, 9.17) is 9.47 Å². The maximum Gasteiger partial charge on any atom is 0.417 e. The van der Waals surface area contributed by atoms with Gasteiger partial charge in [-0.1, -0.05) is 24.3 Å². The van der Waals surface area contributed by atoms with Gasteiger partial charge in [0.1, 0.15) is 0 Å². The van der Waals surface area contributed by atoms with Crippen molar-refractivity contribution in [2.24, 2.45) is 5.92 Å². The lowest BCUT2D eigenvalue weighted by atomic mass is 9.97. The summed E-state index contributed by atoms with van der Waals surface area (Å²) in [5.41, 5.74) is -0.480. The first-order valence-electron chi connectivity index (χ1n) is 10.2. The molecule has 0 atom stereocenters. The minimum Gasteiger partial charge on any atom is -0.493 e. The Morgan fingerprint density at radius 2 is 1.73 bits per heavy atom. The first-order chi connectivity index (χ1) is 15.6. The molecule has 1 aliphatic rings. The molecule has 33 heavy (non-hydrogen) atoms. The van der Waals surface area contributed by atoms with Crippen LogP contribution in [0, 0.1) is 5.92 Å². The van der Waals surface area contributed by atoms with Crippen molar-refractivity contribution in [1.29, 1.82) is 0 Å². The van der Waals surface area contributed by atoms with E-state index in [9.17, 15) is 26.4 Å². The number of nitrogens with zero attached hydrogens (tertiary/aromatic N) is 1. The van der Waals surface area contributed by atoms with Crippen molar-refractivity contribution in [3.05, 3.63) is 53.6 Å². The number of benzene rings is 2. The molecule has 0 radical (unpaired) electrons. The Kier molecular flexibility index (Phi) is 7.53. The molecule has 2 aromatic rings. The average molecular weight is 487 g/mol. The summed E-state index contributed by atoms with van der Waals surface area (Å²) in [7, 11) is -1.34. The summed E-state index contributed by atoms with van der Waals surface area (Å²) in [4.78, 5) is 11.9. The fourth-order valence-electron chi connectivity index (χ4n) is 3.84. The van der Waals surface area contributed by atoms with Crippen LogP contribution >= 0.6 is 0 Å². The van der Waals surface area contributed by atoms with Gasteiger partial charge in [-0.05, 0) is 31.0 Å². The molecule has 3 rings (SSSR count). The lowest BCUT2D eigenvalue weighted by Gasteiger charge is -2.31. The van der Waals surface area contributed by atoms with Crippen molar-refractivity contribution in [2.45, 2.75) is 30.5 Å². The van der Waals surface area contributed by atoms with Crippen LogP contribution in [0.25, 0.3) is 0 Å². The molecule has 0 aromatic heterocycles. The topological polar surface area (TPSA) is 84.9 Å². The standard InChI is InChI=1S/C22H25F3N2O5S/c1-31-18-8-5-6-16(20(18)32-2)14-26-21(28)15-10-12-27(13-11-15)33(29,30)19-9-4-3-7-17(19)22(23,24)25/h3-9,15H,10-14H2,1-2H3,(H,26,28). The number of ether oxygens (including phenoxy) is 2. The fourth-order valence-corrected chi connectivity index (χ4v) is 5.52. The number of para-hydroxylation sites is 1. The zero-order chi connectivity index (χ0) is 24.2. The first kappa shape index (κ1) is 24.8. The summed E-state index contributed by atoms with van der Waals surface area (Å²) in [5, 5.41) is 2.82. The molecule has 1 fully saturated rings. The van der Waals surface area contributed by atoms with Crippen LogP contribution in [-0.2, 0) is 27.5 Å². The molecule has 0 aliphatic carbocycles. The summed E-state index contributed by atoms with van der Waals surface area (Å²) in [6.45, 7) is 0.0981. The van der Waals surface area contributed by atoms with Gasteiger partial charge in [-0.3, -0.25) is 4.79 Å². The minimum absolute atomic E-state index is 0.0465. The predicted octanol–water partition coefficient (Wildman–Crippen LogP) is 3.44. The summed E-state index contributed by atoms with van der Waals surface area (Å²) < 4.78 is 77.2. The molecule has 1 aliphatic heterocycles. The highest BCUT2D eigenvalue weighted by atomic mass is 32.2. The van der Waals surface area contributed by atoms with E-state index in [1.165, 1.54) is 20.3 Å². The van der Waals surface area contributed by atoms with Gasteiger partial charge in [0.2, 0.25) is 15.9 Å². The number of sulfonamides is 1. The normalized spacial score (nSPS) is 15.8. The highest BCUT2D eigenvalue weighted by Gasteiger charge is 2.40. The van der Waals surface area contributed by atoms with Crippen LogP contribution in [0.1, 0.15) is 24.0 Å².